The number of amides is 2. The fraction of sp³-hybridized carbons (Fsp3) is 0.593. The Morgan fingerprint density at radius 2 is 1.79 bits per heavy atom. The molecule has 1 saturated carbocycles. The van der Waals surface area contributed by atoms with Crippen LogP contribution in [0.4, 0.5) is 0 Å². The van der Waals surface area contributed by atoms with Crippen LogP contribution in [-0.2, 0) is 17.8 Å². The summed E-state index contributed by atoms with van der Waals surface area (Å²) in [6.07, 6.45) is 8.82. The number of aromatic nitrogens is 2. The normalized spacial score (nSPS) is 22.1. The second kappa shape index (κ2) is 10.1. The minimum absolute atomic E-state index is 0.0540. The maximum atomic E-state index is 13.8. The Balaban J connectivity index is 1.60. The number of carbonyl (C=O) groups excluding carboxylic acids is 2. The number of nitrogens with one attached hydrogen (secondary N) is 1. The summed E-state index contributed by atoms with van der Waals surface area (Å²) in [7, 11) is 0. The molecule has 0 saturated heterocycles. The predicted octanol–water partition coefficient (Wildman–Crippen LogP) is 4.69. The molecule has 0 radical (unpaired) electrons. The molecule has 1 aliphatic carbocycles. The van der Waals surface area contributed by atoms with Crippen molar-refractivity contribution in [1.29, 1.82) is 0 Å². The molecule has 1 atom stereocenters. The Bertz CT molecular complexity index is 960. The highest BCUT2D eigenvalue weighted by molar-refractivity contribution is 5.99. The zero-order valence-electron chi connectivity index (χ0n) is 20.3. The van der Waals surface area contributed by atoms with Crippen LogP contribution < -0.4 is 5.32 Å². The lowest BCUT2D eigenvalue weighted by Crippen LogP contribution is -2.65. The van der Waals surface area contributed by atoms with E-state index in [2.05, 4.69) is 31.3 Å². The van der Waals surface area contributed by atoms with Crippen LogP contribution in [0.15, 0.2) is 36.4 Å². The Hall–Kier alpha value is -2.63. The van der Waals surface area contributed by atoms with E-state index in [0.717, 1.165) is 36.9 Å². The SMILES string of the molecule is CC(C)c1cc2n(n1)CC(C)(C(=O)NC1CCCCCCC1)N(CCc1ccccc1)C2=O. The van der Waals surface area contributed by atoms with E-state index in [0.29, 0.717) is 25.2 Å². The smallest absolute Gasteiger partial charge is 0.273 e. The van der Waals surface area contributed by atoms with Gasteiger partial charge in [0.2, 0.25) is 5.91 Å². The van der Waals surface area contributed by atoms with Crippen molar-refractivity contribution in [2.24, 2.45) is 0 Å². The zero-order valence-corrected chi connectivity index (χ0v) is 20.3. The van der Waals surface area contributed by atoms with Gasteiger partial charge >= 0.3 is 0 Å². The number of fused-ring (bicyclic) bond motifs is 1. The van der Waals surface area contributed by atoms with E-state index in [1.54, 1.807) is 9.58 Å². The third-order valence-electron chi connectivity index (χ3n) is 7.30. The van der Waals surface area contributed by atoms with Crippen molar-refractivity contribution in [1.82, 2.24) is 20.0 Å². The van der Waals surface area contributed by atoms with E-state index in [9.17, 15) is 9.59 Å². The van der Waals surface area contributed by atoms with Crippen LogP contribution in [-0.4, -0.2) is 44.6 Å². The molecular weight excluding hydrogens is 412 g/mol. The van der Waals surface area contributed by atoms with Gasteiger partial charge in [-0.2, -0.15) is 5.10 Å². The van der Waals surface area contributed by atoms with Crippen LogP contribution in [0.2, 0.25) is 0 Å². The van der Waals surface area contributed by atoms with Gasteiger partial charge in [-0.3, -0.25) is 14.3 Å². The summed E-state index contributed by atoms with van der Waals surface area (Å²) in [5, 5.41) is 8.03. The fourth-order valence-corrected chi connectivity index (χ4v) is 5.12. The van der Waals surface area contributed by atoms with Crippen LogP contribution in [0.3, 0.4) is 0 Å². The van der Waals surface area contributed by atoms with Crippen LogP contribution in [0.25, 0.3) is 0 Å². The molecule has 33 heavy (non-hydrogen) atoms. The van der Waals surface area contributed by atoms with Crippen molar-refractivity contribution in [3.8, 4) is 0 Å². The van der Waals surface area contributed by atoms with Gasteiger partial charge in [-0.1, -0.05) is 76.3 Å². The fourth-order valence-electron chi connectivity index (χ4n) is 5.12. The van der Waals surface area contributed by atoms with Gasteiger partial charge in [0.1, 0.15) is 11.2 Å². The molecular formula is C27H38N4O2. The first-order valence-electron chi connectivity index (χ1n) is 12.6. The molecule has 178 valence electrons. The predicted molar refractivity (Wildman–Crippen MR) is 130 cm³/mol. The second-order valence-corrected chi connectivity index (χ2v) is 10.2. The van der Waals surface area contributed by atoms with Crippen molar-refractivity contribution in [3.63, 3.8) is 0 Å². The van der Waals surface area contributed by atoms with Crippen LogP contribution >= 0.6 is 0 Å². The number of carbonyl (C=O) groups is 2. The molecule has 1 unspecified atom stereocenters. The maximum absolute atomic E-state index is 13.8. The van der Waals surface area contributed by atoms with E-state index in [4.69, 9.17) is 5.10 Å². The lowest BCUT2D eigenvalue weighted by molar-refractivity contribution is -0.134. The molecule has 1 aromatic heterocycles. The van der Waals surface area contributed by atoms with Gasteiger partial charge in [-0.25, -0.2) is 0 Å². The average Bonchev–Trinajstić information content (AvgIpc) is 3.20. The number of benzene rings is 1. The van der Waals surface area contributed by atoms with Crippen LogP contribution in [0.5, 0.6) is 0 Å². The standard InChI is InChI=1S/C27H38N4O2/c1-20(2)23-18-24-25(32)30(17-16-21-12-8-7-9-13-21)27(3,19-31(24)29-23)26(33)28-22-14-10-5-4-6-11-15-22/h7-9,12-13,18,20,22H,4-6,10-11,14-17,19H2,1-3H3,(H,28,33). The van der Waals surface area contributed by atoms with Gasteiger partial charge < -0.3 is 10.2 Å². The summed E-state index contributed by atoms with van der Waals surface area (Å²) in [6.45, 7) is 6.95. The Morgan fingerprint density at radius 3 is 2.45 bits per heavy atom. The maximum Gasteiger partial charge on any atom is 0.273 e. The van der Waals surface area contributed by atoms with Gasteiger partial charge in [0.05, 0.1) is 12.2 Å². The monoisotopic (exact) mass is 450 g/mol. The van der Waals surface area contributed by atoms with E-state index >= 15 is 0 Å². The van der Waals surface area contributed by atoms with Crippen molar-refractivity contribution in [2.45, 2.75) is 96.2 Å². The largest absolute Gasteiger partial charge is 0.351 e. The van der Waals surface area contributed by atoms with E-state index in [-0.39, 0.29) is 23.8 Å². The Kier molecular flexibility index (Phi) is 7.20. The lowest BCUT2D eigenvalue weighted by atomic mass is 9.92. The molecule has 4 rings (SSSR count). The van der Waals surface area contributed by atoms with E-state index < -0.39 is 5.54 Å². The molecule has 6 nitrogen and oxygen atoms in total. The molecule has 0 spiro atoms. The minimum atomic E-state index is -0.971. The van der Waals surface area contributed by atoms with Gasteiger partial charge in [-0.05, 0) is 43.7 Å². The second-order valence-electron chi connectivity index (χ2n) is 10.2. The molecule has 2 aliphatic rings. The highest BCUT2D eigenvalue weighted by atomic mass is 16.2. The molecule has 2 amide bonds. The summed E-state index contributed by atoms with van der Waals surface area (Å²) in [4.78, 5) is 29.2. The van der Waals surface area contributed by atoms with Crippen molar-refractivity contribution < 1.29 is 9.59 Å². The average molecular weight is 451 g/mol. The van der Waals surface area contributed by atoms with E-state index in [1.165, 1.54) is 19.3 Å². The Labute approximate surface area is 197 Å². The summed E-state index contributed by atoms with van der Waals surface area (Å²) >= 11 is 0. The summed E-state index contributed by atoms with van der Waals surface area (Å²) in [5.41, 5.74) is 1.67. The lowest BCUT2D eigenvalue weighted by Gasteiger charge is -2.44. The molecule has 1 aliphatic heterocycles. The Morgan fingerprint density at radius 1 is 1.12 bits per heavy atom. The molecule has 1 aromatic carbocycles. The van der Waals surface area contributed by atoms with Crippen LogP contribution in [0, 0.1) is 0 Å². The summed E-state index contributed by atoms with van der Waals surface area (Å²) in [6, 6.07) is 12.2. The highest BCUT2D eigenvalue weighted by Gasteiger charge is 2.48. The summed E-state index contributed by atoms with van der Waals surface area (Å²) < 4.78 is 1.76. The first-order chi connectivity index (χ1) is 15.9. The highest BCUT2D eigenvalue weighted by Crippen LogP contribution is 2.30. The van der Waals surface area contributed by atoms with Crippen LogP contribution in [0.1, 0.15) is 93.4 Å². The van der Waals surface area contributed by atoms with Gasteiger partial charge in [0, 0.05) is 12.6 Å². The molecule has 2 heterocycles. The third-order valence-corrected chi connectivity index (χ3v) is 7.30. The number of nitrogens with zero attached hydrogens (tertiary/aromatic N) is 3. The number of hydrogen-bond donors (Lipinski definition) is 1. The molecule has 6 heteroatoms. The quantitative estimate of drug-likeness (QED) is 0.694. The third kappa shape index (κ3) is 5.15. The van der Waals surface area contributed by atoms with Crippen molar-refractivity contribution >= 4 is 11.8 Å². The summed E-state index contributed by atoms with van der Waals surface area (Å²) in [5.74, 6) is 0.0669. The minimum Gasteiger partial charge on any atom is -0.351 e. The zero-order chi connectivity index (χ0) is 23.4. The van der Waals surface area contributed by atoms with Crippen molar-refractivity contribution in [3.05, 3.63) is 53.3 Å². The first kappa shape index (κ1) is 23.5. The topological polar surface area (TPSA) is 67.2 Å². The van der Waals surface area contributed by atoms with E-state index in [1.807, 2.05) is 31.2 Å². The molecule has 1 N–H and O–H groups in total. The molecule has 0 bridgehead atoms. The van der Waals surface area contributed by atoms with Crippen molar-refractivity contribution in [2.75, 3.05) is 6.54 Å². The molecule has 1 fully saturated rings. The molecule has 2 aromatic rings. The van der Waals surface area contributed by atoms with Gasteiger partial charge in [0.15, 0.2) is 0 Å². The first-order valence-corrected chi connectivity index (χ1v) is 12.6. The van der Waals surface area contributed by atoms with Gasteiger partial charge in [0.25, 0.3) is 5.91 Å². The number of rotatable bonds is 6. The number of hydrogen-bond acceptors (Lipinski definition) is 3. The van der Waals surface area contributed by atoms with Gasteiger partial charge in [-0.15, -0.1) is 0 Å².